The topological polar surface area (TPSA) is 24.9 Å². The zero-order valence-electron chi connectivity index (χ0n) is 10.8. The number of fused-ring (bicyclic) bond motifs is 1. The largest absolute Gasteiger partial charge is 0.381 e. The number of nitrogens with one attached hydrogen (secondary N) is 1. The van der Waals surface area contributed by atoms with Gasteiger partial charge in [0.1, 0.15) is 5.82 Å². The molecular formula is C15H12ClFN2S. The summed E-state index contributed by atoms with van der Waals surface area (Å²) >= 11 is 7.39. The Hall–Kier alpha value is -1.65. The number of aryl methyl sites for hydroxylation is 1. The van der Waals surface area contributed by atoms with Gasteiger partial charge in [-0.15, -0.1) is 11.3 Å². The van der Waals surface area contributed by atoms with Crippen LogP contribution < -0.4 is 5.32 Å². The Morgan fingerprint density at radius 2 is 2.10 bits per heavy atom. The van der Waals surface area contributed by atoms with Crippen molar-refractivity contribution in [2.24, 2.45) is 0 Å². The van der Waals surface area contributed by atoms with Gasteiger partial charge in [-0.25, -0.2) is 9.37 Å². The third-order valence-electron chi connectivity index (χ3n) is 2.99. The maximum atomic E-state index is 13.7. The second-order valence-corrected chi connectivity index (χ2v) is 6.18. The average Bonchev–Trinajstić information content (AvgIpc) is 2.77. The highest BCUT2D eigenvalue weighted by Gasteiger charge is 2.04. The van der Waals surface area contributed by atoms with Crippen LogP contribution in [0.5, 0.6) is 0 Å². The third kappa shape index (κ3) is 2.76. The highest BCUT2D eigenvalue weighted by atomic mass is 35.5. The molecular weight excluding hydrogens is 295 g/mol. The fourth-order valence-corrected chi connectivity index (χ4v) is 3.04. The van der Waals surface area contributed by atoms with E-state index < -0.39 is 0 Å². The van der Waals surface area contributed by atoms with E-state index >= 15 is 0 Å². The summed E-state index contributed by atoms with van der Waals surface area (Å²) in [6.07, 6.45) is 0. The van der Waals surface area contributed by atoms with Crippen molar-refractivity contribution < 1.29 is 4.39 Å². The van der Waals surface area contributed by atoms with Crippen LogP contribution in [0.3, 0.4) is 0 Å². The Balaban J connectivity index is 1.79. The van der Waals surface area contributed by atoms with Gasteiger partial charge in [0.05, 0.1) is 15.2 Å². The zero-order chi connectivity index (χ0) is 14.1. The Morgan fingerprint density at radius 3 is 2.90 bits per heavy atom. The van der Waals surface area contributed by atoms with Gasteiger partial charge in [0.2, 0.25) is 0 Å². The van der Waals surface area contributed by atoms with E-state index in [0.717, 1.165) is 20.9 Å². The van der Waals surface area contributed by atoms with Crippen LogP contribution in [0.15, 0.2) is 36.4 Å². The van der Waals surface area contributed by atoms with Crippen molar-refractivity contribution in [1.82, 2.24) is 4.98 Å². The molecule has 0 amide bonds. The molecule has 1 aromatic heterocycles. The van der Waals surface area contributed by atoms with Gasteiger partial charge in [-0.05, 0) is 37.3 Å². The van der Waals surface area contributed by atoms with Crippen molar-refractivity contribution in [2.45, 2.75) is 13.5 Å². The van der Waals surface area contributed by atoms with E-state index in [1.807, 2.05) is 25.1 Å². The quantitative estimate of drug-likeness (QED) is 0.736. The van der Waals surface area contributed by atoms with E-state index in [9.17, 15) is 4.39 Å². The van der Waals surface area contributed by atoms with Crippen LogP contribution in [-0.2, 0) is 6.54 Å². The van der Waals surface area contributed by atoms with Gasteiger partial charge in [0.25, 0.3) is 0 Å². The number of nitrogens with zero attached hydrogens (tertiary/aromatic N) is 1. The molecule has 2 nitrogen and oxygen atoms in total. The average molecular weight is 307 g/mol. The monoisotopic (exact) mass is 306 g/mol. The Bertz CT molecular complexity index is 770. The molecule has 0 saturated carbocycles. The first-order valence-electron chi connectivity index (χ1n) is 6.17. The maximum absolute atomic E-state index is 13.7. The van der Waals surface area contributed by atoms with Crippen molar-refractivity contribution in [3.8, 4) is 0 Å². The number of hydrogen-bond acceptors (Lipinski definition) is 3. The first kappa shape index (κ1) is 13.3. The van der Waals surface area contributed by atoms with Crippen LogP contribution in [0.4, 0.5) is 10.1 Å². The van der Waals surface area contributed by atoms with E-state index in [4.69, 9.17) is 11.6 Å². The second-order valence-electron chi connectivity index (χ2n) is 4.50. The van der Waals surface area contributed by atoms with Gasteiger partial charge in [0, 0.05) is 22.8 Å². The van der Waals surface area contributed by atoms with Crippen molar-refractivity contribution in [3.63, 3.8) is 0 Å². The molecule has 0 aliphatic carbocycles. The molecule has 0 atom stereocenters. The minimum atomic E-state index is -0.292. The van der Waals surface area contributed by atoms with Crippen LogP contribution in [0, 0.1) is 12.7 Å². The fourth-order valence-electron chi connectivity index (χ4n) is 2.01. The molecule has 1 heterocycles. The summed E-state index contributed by atoms with van der Waals surface area (Å²) in [5.74, 6) is -0.292. The van der Waals surface area contributed by atoms with Crippen molar-refractivity contribution in [1.29, 1.82) is 0 Å². The second kappa shape index (κ2) is 5.38. The van der Waals surface area contributed by atoms with E-state index in [1.54, 1.807) is 23.5 Å². The summed E-state index contributed by atoms with van der Waals surface area (Å²) in [7, 11) is 0. The Kier molecular flexibility index (Phi) is 3.59. The summed E-state index contributed by atoms with van der Waals surface area (Å²) in [6.45, 7) is 2.41. The lowest BCUT2D eigenvalue weighted by Crippen LogP contribution is -2.01. The molecule has 0 saturated heterocycles. The minimum Gasteiger partial charge on any atom is -0.381 e. The van der Waals surface area contributed by atoms with Gasteiger partial charge in [0.15, 0.2) is 0 Å². The standard InChI is InChI=1S/C15H12ClFN2S/c1-9-19-14-5-4-12(7-15(14)20-9)18-8-10-2-3-11(16)6-13(10)17/h2-7,18H,8H2,1H3. The molecule has 20 heavy (non-hydrogen) atoms. The molecule has 0 spiro atoms. The molecule has 102 valence electrons. The summed E-state index contributed by atoms with van der Waals surface area (Å²) in [4.78, 5) is 4.41. The summed E-state index contributed by atoms with van der Waals surface area (Å²) < 4.78 is 14.8. The lowest BCUT2D eigenvalue weighted by atomic mass is 10.2. The van der Waals surface area contributed by atoms with Crippen LogP contribution in [0.25, 0.3) is 10.2 Å². The summed E-state index contributed by atoms with van der Waals surface area (Å²) in [5, 5.41) is 4.67. The number of halogens is 2. The smallest absolute Gasteiger partial charge is 0.129 e. The van der Waals surface area contributed by atoms with Crippen LogP contribution >= 0.6 is 22.9 Å². The number of anilines is 1. The van der Waals surface area contributed by atoms with Gasteiger partial charge in [-0.3, -0.25) is 0 Å². The maximum Gasteiger partial charge on any atom is 0.129 e. The van der Waals surface area contributed by atoms with Crippen molar-refractivity contribution in [3.05, 3.63) is 57.8 Å². The molecule has 0 aliphatic rings. The summed E-state index contributed by atoms with van der Waals surface area (Å²) in [6, 6.07) is 10.7. The number of aromatic nitrogens is 1. The minimum absolute atomic E-state index is 0.292. The molecule has 0 fully saturated rings. The predicted octanol–water partition coefficient (Wildman–Crippen LogP) is 5.01. The highest BCUT2D eigenvalue weighted by Crippen LogP contribution is 2.25. The number of benzene rings is 2. The molecule has 5 heteroatoms. The first-order valence-corrected chi connectivity index (χ1v) is 7.36. The van der Waals surface area contributed by atoms with E-state index in [2.05, 4.69) is 10.3 Å². The Labute approximate surface area is 125 Å². The van der Waals surface area contributed by atoms with Gasteiger partial charge in [-0.1, -0.05) is 17.7 Å². The summed E-state index contributed by atoms with van der Waals surface area (Å²) in [5.41, 5.74) is 2.54. The third-order valence-corrected chi connectivity index (χ3v) is 4.16. The molecule has 0 aliphatic heterocycles. The van der Waals surface area contributed by atoms with E-state index in [1.165, 1.54) is 6.07 Å². The molecule has 0 radical (unpaired) electrons. The lowest BCUT2D eigenvalue weighted by Gasteiger charge is -2.07. The molecule has 0 bridgehead atoms. The van der Waals surface area contributed by atoms with Crippen LogP contribution in [0.2, 0.25) is 5.02 Å². The number of rotatable bonds is 3. The first-order chi connectivity index (χ1) is 9.61. The highest BCUT2D eigenvalue weighted by molar-refractivity contribution is 7.18. The molecule has 3 aromatic rings. The Morgan fingerprint density at radius 1 is 1.25 bits per heavy atom. The molecule has 0 unspecified atom stereocenters. The van der Waals surface area contributed by atoms with Gasteiger partial charge >= 0.3 is 0 Å². The normalized spacial score (nSPS) is 10.9. The van der Waals surface area contributed by atoms with E-state index in [0.29, 0.717) is 17.1 Å². The van der Waals surface area contributed by atoms with Crippen LogP contribution in [-0.4, -0.2) is 4.98 Å². The molecule has 1 N–H and O–H groups in total. The molecule has 2 aromatic carbocycles. The molecule has 3 rings (SSSR count). The van der Waals surface area contributed by atoms with Gasteiger partial charge < -0.3 is 5.32 Å². The lowest BCUT2D eigenvalue weighted by molar-refractivity contribution is 0.613. The van der Waals surface area contributed by atoms with Crippen molar-refractivity contribution in [2.75, 3.05) is 5.32 Å². The van der Waals surface area contributed by atoms with Crippen LogP contribution in [0.1, 0.15) is 10.6 Å². The number of hydrogen-bond donors (Lipinski definition) is 1. The van der Waals surface area contributed by atoms with Gasteiger partial charge in [-0.2, -0.15) is 0 Å². The van der Waals surface area contributed by atoms with E-state index in [-0.39, 0.29) is 5.82 Å². The predicted molar refractivity (Wildman–Crippen MR) is 83.1 cm³/mol. The fraction of sp³-hybridized carbons (Fsp3) is 0.133. The SMILES string of the molecule is Cc1nc2ccc(NCc3ccc(Cl)cc3F)cc2s1. The number of thiazole rings is 1. The van der Waals surface area contributed by atoms with Crippen molar-refractivity contribution >= 4 is 38.8 Å². The zero-order valence-corrected chi connectivity index (χ0v) is 12.4.